The average Bonchev–Trinajstić information content (AvgIpc) is 3.16. The predicted octanol–water partition coefficient (Wildman–Crippen LogP) is 9.82. The molecule has 0 spiro atoms. The molecule has 38 heavy (non-hydrogen) atoms. The molecule has 0 aromatic rings. The zero-order valence-corrected chi connectivity index (χ0v) is 27.9. The van der Waals surface area contributed by atoms with Gasteiger partial charge in [-0.2, -0.15) is 0 Å². The van der Waals surface area contributed by atoms with Gasteiger partial charge in [0.1, 0.15) is 5.78 Å². The van der Waals surface area contributed by atoms with Gasteiger partial charge in [-0.1, -0.05) is 74.0 Å². The van der Waals surface area contributed by atoms with E-state index in [9.17, 15) is 4.79 Å². The van der Waals surface area contributed by atoms with Crippen LogP contribution in [0.3, 0.4) is 0 Å². The molecule has 4 aliphatic carbocycles. The SMILES string of the molecule is CC(CO[Si](C)C)C(=O)CC[C@@H](C)[C@H]1CC=C2C3=C(CC[C@@]21C)[C@@]1(C)CC[C@H](C(C)(C)C)C(C)(C)[C@@H]1CC3. The van der Waals surface area contributed by atoms with E-state index in [1.807, 2.05) is 5.57 Å². The van der Waals surface area contributed by atoms with Crippen molar-refractivity contribution >= 4 is 14.8 Å². The number of allylic oxidation sites excluding steroid dienone is 4. The normalized spacial score (nSPS) is 36.3. The molecule has 7 atom stereocenters. The average molecular weight is 540 g/mol. The van der Waals surface area contributed by atoms with Crippen LogP contribution in [-0.4, -0.2) is 21.4 Å². The van der Waals surface area contributed by atoms with Crippen molar-refractivity contribution in [1.82, 2.24) is 0 Å². The minimum atomic E-state index is -0.728. The van der Waals surface area contributed by atoms with Crippen LogP contribution >= 0.6 is 0 Å². The Balaban J connectivity index is 1.48. The van der Waals surface area contributed by atoms with Crippen LogP contribution in [0, 0.1) is 51.2 Å². The monoisotopic (exact) mass is 539 g/mol. The molecule has 1 radical (unpaired) electrons. The van der Waals surface area contributed by atoms with Crippen LogP contribution in [0.2, 0.25) is 13.1 Å². The van der Waals surface area contributed by atoms with E-state index >= 15 is 0 Å². The minimum Gasteiger partial charge on any atom is -0.416 e. The topological polar surface area (TPSA) is 26.3 Å². The summed E-state index contributed by atoms with van der Waals surface area (Å²) < 4.78 is 5.82. The van der Waals surface area contributed by atoms with Crippen molar-refractivity contribution in [3.05, 3.63) is 22.8 Å². The fourth-order valence-electron chi connectivity index (χ4n) is 10.3. The number of carbonyl (C=O) groups excluding carboxylic acids is 1. The number of rotatable bonds is 8. The van der Waals surface area contributed by atoms with Gasteiger partial charge >= 0.3 is 0 Å². The molecular formula is C35H59O2Si. The van der Waals surface area contributed by atoms with Crippen molar-refractivity contribution in [1.29, 1.82) is 0 Å². The summed E-state index contributed by atoms with van der Waals surface area (Å²) in [7, 11) is -0.728. The molecule has 0 aromatic carbocycles. The molecule has 0 saturated heterocycles. The van der Waals surface area contributed by atoms with Crippen LogP contribution in [-0.2, 0) is 9.22 Å². The largest absolute Gasteiger partial charge is 0.416 e. The van der Waals surface area contributed by atoms with Gasteiger partial charge in [-0.15, -0.1) is 0 Å². The second-order valence-corrected chi connectivity index (χ2v) is 18.3. The van der Waals surface area contributed by atoms with Crippen molar-refractivity contribution in [3.8, 4) is 0 Å². The highest BCUT2D eigenvalue weighted by atomic mass is 28.3. The van der Waals surface area contributed by atoms with Gasteiger partial charge in [-0.3, -0.25) is 4.79 Å². The Hall–Kier alpha value is -0.673. The summed E-state index contributed by atoms with van der Waals surface area (Å²) >= 11 is 0. The number of hydrogen-bond acceptors (Lipinski definition) is 2. The number of Topliss-reactive ketones (excluding diaryl/α,β-unsaturated/α-hetero) is 1. The maximum Gasteiger partial charge on any atom is 0.204 e. The summed E-state index contributed by atoms with van der Waals surface area (Å²) in [5.41, 5.74) is 6.77. The highest BCUT2D eigenvalue weighted by Gasteiger charge is 2.58. The maximum atomic E-state index is 12.8. The Morgan fingerprint density at radius 2 is 1.74 bits per heavy atom. The highest BCUT2D eigenvalue weighted by Crippen LogP contribution is 2.69. The summed E-state index contributed by atoms with van der Waals surface area (Å²) in [6.45, 7) is 27.2. The lowest BCUT2D eigenvalue weighted by Crippen LogP contribution is -2.53. The van der Waals surface area contributed by atoms with Crippen LogP contribution in [0.15, 0.2) is 22.8 Å². The second kappa shape index (κ2) is 10.6. The van der Waals surface area contributed by atoms with E-state index in [4.69, 9.17) is 4.43 Å². The first-order valence-electron chi connectivity index (χ1n) is 15.9. The number of fused-ring (bicyclic) bond motifs is 4. The van der Waals surface area contributed by atoms with E-state index in [-0.39, 0.29) is 5.92 Å². The third-order valence-electron chi connectivity index (χ3n) is 12.2. The lowest BCUT2D eigenvalue weighted by atomic mass is 9.42. The van der Waals surface area contributed by atoms with Gasteiger partial charge in [-0.05, 0) is 121 Å². The van der Waals surface area contributed by atoms with Gasteiger partial charge in [-0.25, -0.2) is 0 Å². The van der Waals surface area contributed by atoms with Crippen LogP contribution in [0.25, 0.3) is 0 Å². The van der Waals surface area contributed by atoms with E-state index in [0.717, 1.165) is 18.3 Å². The van der Waals surface area contributed by atoms with Crippen molar-refractivity contribution in [2.45, 2.75) is 133 Å². The first-order chi connectivity index (χ1) is 17.5. The smallest absolute Gasteiger partial charge is 0.204 e. The Kier molecular flexibility index (Phi) is 8.47. The van der Waals surface area contributed by atoms with E-state index in [1.54, 1.807) is 11.1 Å². The molecule has 0 bridgehead atoms. The minimum absolute atomic E-state index is 0.0332. The van der Waals surface area contributed by atoms with Crippen molar-refractivity contribution < 1.29 is 9.22 Å². The molecule has 3 heteroatoms. The molecule has 1 fully saturated rings. The van der Waals surface area contributed by atoms with Crippen molar-refractivity contribution in [2.24, 2.45) is 51.2 Å². The molecule has 0 aromatic heterocycles. The van der Waals surface area contributed by atoms with Crippen LogP contribution in [0.4, 0.5) is 0 Å². The zero-order valence-electron chi connectivity index (χ0n) is 26.9. The summed E-state index contributed by atoms with van der Waals surface area (Å²) in [4.78, 5) is 12.8. The van der Waals surface area contributed by atoms with Gasteiger partial charge in [0.15, 0.2) is 0 Å². The first-order valence-corrected chi connectivity index (χ1v) is 18.3. The van der Waals surface area contributed by atoms with Crippen molar-refractivity contribution in [3.63, 3.8) is 0 Å². The summed E-state index contributed by atoms with van der Waals surface area (Å²) in [6.07, 6.45) is 13.6. The highest BCUT2D eigenvalue weighted by molar-refractivity contribution is 6.48. The third-order valence-corrected chi connectivity index (χ3v) is 13.0. The molecule has 1 saturated carbocycles. The van der Waals surface area contributed by atoms with E-state index in [2.05, 4.69) is 81.5 Å². The van der Waals surface area contributed by atoms with Gasteiger partial charge in [0.05, 0.1) is 0 Å². The standard InChI is InChI=1S/C35H59O2Si/c1-23(12-16-29(36)24(2)22-37-38(10)11)26-14-15-27-25-13-17-31-33(6,7)30(32(3,4)5)19-21-35(31,9)28(25)18-20-34(26,27)8/h15,23-24,26,30-31H,12-14,16-22H2,1-11H3/t23-,24?,26-,30-,31+,34-,35-/m1/s1. The van der Waals surface area contributed by atoms with Crippen LogP contribution in [0.5, 0.6) is 0 Å². The van der Waals surface area contributed by atoms with E-state index < -0.39 is 9.04 Å². The predicted molar refractivity (Wildman–Crippen MR) is 163 cm³/mol. The van der Waals surface area contributed by atoms with E-state index in [0.29, 0.717) is 52.3 Å². The van der Waals surface area contributed by atoms with Gasteiger partial charge in [0.25, 0.3) is 0 Å². The molecule has 215 valence electrons. The lowest BCUT2D eigenvalue weighted by Gasteiger charge is -2.62. The Labute approximate surface area is 237 Å². The molecule has 4 aliphatic rings. The summed E-state index contributed by atoms with van der Waals surface area (Å²) in [6, 6.07) is 0. The second-order valence-electron chi connectivity index (χ2n) is 16.2. The Morgan fingerprint density at radius 1 is 1.05 bits per heavy atom. The number of carbonyl (C=O) groups is 1. The molecule has 1 unspecified atom stereocenters. The molecule has 2 nitrogen and oxygen atoms in total. The van der Waals surface area contributed by atoms with E-state index in [1.165, 1.54) is 44.9 Å². The maximum absolute atomic E-state index is 12.8. The van der Waals surface area contributed by atoms with Crippen LogP contribution in [0.1, 0.15) is 120 Å². The zero-order chi connectivity index (χ0) is 28.3. The first kappa shape index (κ1) is 30.3. The van der Waals surface area contributed by atoms with Crippen LogP contribution < -0.4 is 0 Å². The molecule has 4 rings (SSSR count). The quantitative estimate of drug-likeness (QED) is 0.287. The summed E-state index contributed by atoms with van der Waals surface area (Å²) in [5, 5.41) is 0. The molecule has 0 heterocycles. The third kappa shape index (κ3) is 5.22. The fourth-order valence-corrected chi connectivity index (χ4v) is 10.9. The summed E-state index contributed by atoms with van der Waals surface area (Å²) in [5.74, 6) is 3.27. The molecular weight excluding hydrogens is 480 g/mol. The van der Waals surface area contributed by atoms with Gasteiger partial charge in [0.2, 0.25) is 9.04 Å². The lowest BCUT2D eigenvalue weighted by molar-refractivity contribution is -0.123. The molecule has 0 N–H and O–H groups in total. The Bertz CT molecular complexity index is 965. The van der Waals surface area contributed by atoms with Crippen molar-refractivity contribution in [2.75, 3.05) is 6.61 Å². The Morgan fingerprint density at radius 3 is 2.37 bits per heavy atom. The molecule has 0 aliphatic heterocycles. The number of hydrogen-bond donors (Lipinski definition) is 0. The number of ketones is 1. The van der Waals surface area contributed by atoms with Gasteiger partial charge < -0.3 is 4.43 Å². The fraction of sp³-hybridized carbons (Fsp3) is 0.857. The van der Waals surface area contributed by atoms with Gasteiger partial charge in [0, 0.05) is 18.9 Å². The molecule has 0 amide bonds.